The number of carbonyl (C=O) groups is 1. The van der Waals surface area contributed by atoms with Crippen molar-refractivity contribution in [3.63, 3.8) is 0 Å². The second kappa shape index (κ2) is 6.72. The first-order valence-corrected chi connectivity index (χ1v) is 11.3. The molecule has 2 aliphatic heterocycles. The molecule has 0 radical (unpaired) electrons. The lowest BCUT2D eigenvalue weighted by atomic mass is 9.70. The monoisotopic (exact) mass is 429 g/mol. The van der Waals surface area contributed by atoms with E-state index in [1.165, 1.54) is 5.56 Å². The number of hydrogen-bond donors (Lipinski definition) is 1. The summed E-state index contributed by atoms with van der Waals surface area (Å²) in [6.07, 6.45) is 3.36. The molecule has 164 valence electrons. The van der Waals surface area contributed by atoms with Gasteiger partial charge in [-0.1, -0.05) is 42.8 Å². The zero-order chi connectivity index (χ0) is 22.1. The van der Waals surface area contributed by atoms with E-state index in [9.17, 15) is 9.90 Å². The molecule has 2 fully saturated rings. The van der Waals surface area contributed by atoms with Crippen molar-refractivity contribution in [2.45, 2.75) is 36.8 Å². The van der Waals surface area contributed by atoms with Gasteiger partial charge in [0.15, 0.2) is 17.1 Å². The van der Waals surface area contributed by atoms with E-state index in [4.69, 9.17) is 9.47 Å². The van der Waals surface area contributed by atoms with E-state index in [2.05, 4.69) is 6.07 Å². The minimum absolute atomic E-state index is 0.169. The van der Waals surface area contributed by atoms with Gasteiger partial charge in [-0.05, 0) is 64.9 Å². The van der Waals surface area contributed by atoms with Crippen molar-refractivity contribution in [2.75, 3.05) is 20.8 Å². The fraction of sp³-hybridized carbons (Fsp3) is 0.370. The Labute approximate surface area is 187 Å². The number of aliphatic hydroxyl groups is 1. The maximum absolute atomic E-state index is 13.9. The van der Waals surface area contributed by atoms with Gasteiger partial charge in [0.05, 0.1) is 19.8 Å². The number of hydrogen-bond acceptors (Lipinski definition) is 4. The van der Waals surface area contributed by atoms with Crippen LogP contribution in [0.4, 0.5) is 0 Å². The molecule has 5 heteroatoms. The highest BCUT2D eigenvalue weighted by Crippen LogP contribution is 2.63. The standard InChI is InChI=1S/C27H27NO4/c1-31-22-15-19-11-13-28-25(29)27(30,20-10-9-17-6-3-4-7-18(17)14-20)24-8-5-12-26(24,28)21(19)16-23(22)32-2/h3-4,6-7,9-10,14-16,24,30H,5,8,11-13H2,1-2H3/t24-,26-,27+/m0/s1. The predicted octanol–water partition coefficient (Wildman–Crippen LogP) is 4.14. The first kappa shape index (κ1) is 19.6. The maximum atomic E-state index is 13.9. The average Bonchev–Trinajstić information content (AvgIpc) is 3.34. The number of carbonyl (C=O) groups excluding carboxylic acids is 1. The third-order valence-corrected chi connectivity index (χ3v) is 8.05. The summed E-state index contributed by atoms with van der Waals surface area (Å²) in [6, 6.07) is 18.1. The smallest absolute Gasteiger partial charge is 0.260 e. The van der Waals surface area contributed by atoms with Gasteiger partial charge < -0.3 is 19.5 Å². The van der Waals surface area contributed by atoms with E-state index in [1.54, 1.807) is 14.2 Å². The van der Waals surface area contributed by atoms with Crippen LogP contribution in [-0.2, 0) is 22.4 Å². The van der Waals surface area contributed by atoms with Gasteiger partial charge in [0.2, 0.25) is 0 Å². The van der Waals surface area contributed by atoms with Crippen molar-refractivity contribution in [1.29, 1.82) is 0 Å². The Morgan fingerprint density at radius 2 is 1.75 bits per heavy atom. The average molecular weight is 430 g/mol. The van der Waals surface area contributed by atoms with Crippen LogP contribution >= 0.6 is 0 Å². The van der Waals surface area contributed by atoms with Gasteiger partial charge >= 0.3 is 0 Å². The van der Waals surface area contributed by atoms with Crippen LogP contribution in [0.3, 0.4) is 0 Å². The van der Waals surface area contributed by atoms with Gasteiger partial charge in [0, 0.05) is 12.5 Å². The molecule has 2 heterocycles. The van der Waals surface area contributed by atoms with Crippen LogP contribution in [0.2, 0.25) is 0 Å². The number of nitrogens with zero attached hydrogens (tertiary/aromatic N) is 1. The molecule has 6 rings (SSSR count). The fourth-order valence-electron chi connectivity index (χ4n) is 6.69. The first-order valence-electron chi connectivity index (χ1n) is 11.3. The molecular weight excluding hydrogens is 402 g/mol. The van der Waals surface area contributed by atoms with Crippen LogP contribution in [0.15, 0.2) is 54.6 Å². The summed E-state index contributed by atoms with van der Waals surface area (Å²) in [4.78, 5) is 15.9. The maximum Gasteiger partial charge on any atom is 0.260 e. The van der Waals surface area contributed by atoms with Crippen LogP contribution in [0.5, 0.6) is 11.5 Å². The molecular formula is C27H27NO4. The van der Waals surface area contributed by atoms with Crippen molar-refractivity contribution >= 4 is 16.7 Å². The molecule has 1 spiro atoms. The van der Waals surface area contributed by atoms with Crippen molar-refractivity contribution < 1.29 is 19.4 Å². The zero-order valence-electron chi connectivity index (χ0n) is 18.4. The second-order valence-corrected chi connectivity index (χ2v) is 9.27. The van der Waals surface area contributed by atoms with Crippen LogP contribution in [-0.4, -0.2) is 36.7 Å². The molecule has 1 N–H and O–H groups in total. The highest BCUT2D eigenvalue weighted by atomic mass is 16.5. The third kappa shape index (κ3) is 2.29. The highest BCUT2D eigenvalue weighted by Gasteiger charge is 2.69. The zero-order valence-corrected chi connectivity index (χ0v) is 18.4. The molecule has 0 bridgehead atoms. The molecule has 1 saturated carbocycles. The van der Waals surface area contributed by atoms with Crippen molar-refractivity contribution in [1.82, 2.24) is 4.90 Å². The summed E-state index contributed by atoms with van der Waals surface area (Å²) < 4.78 is 11.2. The number of fused-ring (bicyclic) bond motifs is 2. The first-order chi connectivity index (χ1) is 15.5. The van der Waals surface area contributed by atoms with Gasteiger partial charge in [0.25, 0.3) is 5.91 Å². The number of ether oxygens (including phenoxy) is 2. The topological polar surface area (TPSA) is 59.0 Å². The van der Waals surface area contributed by atoms with Crippen molar-refractivity contribution in [3.8, 4) is 11.5 Å². The summed E-state index contributed by atoms with van der Waals surface area (Å²) in [7, 11) is 3.29. The molecule has 5 nitrogen and oxygen atoms in total. The summed E-state index contributed by atoms with van der Waals surface area (Å²) in [5, 5.41) is 14.3. The van der Waals surface area contributed by atoms with Crippen LogP contribution in [0.25, 0.3) is 10.8 Å². The summed E-state index contributed by atoms with van der Waals surface area (Å²) in [5.41, 5.74) is 0.944. The fourth-order valence-corrected chi connectivity index (χ4v) is 6.69. The Hall–Kier alpha value is -3.05. The summed E-state index contributed by atoms with van der Waals surface area (Å²) in [5.74, 6) is 1.00. The van der Waals surface area contributed by atoms with E-state index in [0.29, 0.717) is 23.6 Å². The molecule has 3 atom stereocenters. The van der Waals surface area contributed by atoms with Crippen LogP contribution < -0.4 is 9.47 Å². The molecule has 32 heavy (non-hydrogen) atoms. The highest BCUT2D eigenvalue weighted by molar-refractivity contribution is 5.93. The Bertz CT molecular complexity index is 1250. The Kier molecular flexibility index (Phi) is 4.12. The minimum atomic E-state index is -1.53. The van der Waals surface area contributed by atoms with Crippen LogP contribution in [0.1, 0.15) is 36.0 Å². The Morgan fingerprint density at radius 3 is 2.53 bits per heavy atom. The number of methoxy groups -OCH3 is 2. The van der Waals surface area contributed by atoms with E-state index in [-0.39, 0.29) is 11.8 Å². The van der Waals surface area contributed by atoms with Gasteiger partial charge in [0.1, 0.15) is 0 Å². The number of rotatable bonds is 3. The lowest BCUT2D eigenvalue weighted by Crippen LogP contribution is -2.49. The minimum Gasteiger partial charge on any atom is -0.493 e. The Morgan fingerprint density at radius 1 is 1.00 bits per heavy atom. The molecule has 1 amide bonds. The number of benzene rings is 3. The number of amides is 1. The second-order valence-electron chi connectivity index (χ2n) is 9.27. The van der Waals surface area contributed by atoms with E-state index in [1.807, 2.05) is 53.4 Å². The molecule has 3 aromatic carbocycles. The van der Waals surface area contributed by atoms with Crippen LogP contribution in [0, 0.1) is 5.92 Å². The molecule has 0 aromatic heterocycles. The molecule has 0 unspecified atom stereocenters. The van der Waals surface area contributed by atoms with E-state index in [0.717, 1.165) is 42.0 Å². The summed E-state index contributed by atoms with van der Waals surface area (Å²) >= 11 is 0. The summed E-state index contributed by atoms with van der Waals surface area (Å²) in [6.45, 7) is 0.605. The molecule has 1 saturated heterocycles. The van der Waals surface area contributed by atoms with Gasteiger partial charge in [-0.3, -0.25) is 4.79 Å². The Balaban J connectivity index is 1.56. The third-order valence-electron chi connectivity index (χ3n) is 8.05. The van der Waals surface area contributed by atoms with E-state index < -0.39 is 11.1 Å². The van der Waals surface area contributed by atoms with Gasteiger partial charge in [-0.2, -0.15) is 0 Å². The molecule has 3 aliphatic rings. The molecule has 1 aliphatic carbocycles. The SMILES string of the molecule is COc1cc2c(cc1OC)[C@@]13CCC[C@@H]1[C@](O)(c1ccc4ccccc4c1)C(=O)N3CC2. The molecule has 3 aromatic rings. The lowest BCUT2D eigenvalue weighted by molar-refractivity contribution is -0.147. The van der Waals surface area contributed by atoms with Gasteiger partial charge in [-0.25, -0.2) is 0 Å². The van der Waals surface area contributed by atoms with Gasteiger partial charge in [-0.15, -0.1) is 0 Å². The van der Waals surface area contributed by atoms with E-state index >= 15 is 0 Å². The van der Waals surface area contributed by atoms with Crippen molar-refractivity contribution in [2.24, 2.45) is 5.92 Å². The normalized spacial score (nSPS) is 28.4. The largest absolute Gasteiger partial charge is 0.493 e. The lowest BCUT2D eigenvalue weighted by Gasteiger charge is -2.44. The van der Waals surface area contributed by atoms with Crippen molar-refractivity contribution in [3.05, 3.63) is 71.3 Å². The predicted molar refractivity (Wildman–Crippen MR) is 122 cm³/mol. The quantitative estimate of drug-likeness (QED) is 0.680.